The summed E-state index contributed by atoms with van der Waals surface area (Å²) in [7, 11) is 0. The van der Waals surface area contributed by atoms with Crippen molar-refractivity contribution in [3.63, 3.8) is 0 Å². The number of rotatable bonds is 9. The molecule has 0 saturated carbocycles. The SMILES string of the molecule is CCN(CC)CCOc1ccc(-c2cc(C(=O)N3CCC(N)CC3)c(NC(N)=O)s2)cc1. The topological polar surface area (TPSA) is 114 Å². The zero-order valence-electron chi connectivity index (χ0n) is 18.8. The van der Waals surface area contributed by atoms with E-state index in [9.17, 15) is 9.59 Å². The molecule has 0 spiro atoms. The summed E-state index contributed by atoms with van der Waals surface area (Å²) in [5, 5.41) is 3.07. The average molecular weight is 460 g/mol. The van der Waals surface area contributed by atoms with Gasteiger partial charge in [-0.05, 0) is 61.8 Å². The van der Waals surface area contributed by atoms with Crippen LogP contribution in [0.2, 0.25) is 0 Å². The number of hydrogen-bond donors (Lipinski definition) is 3. The van der Waals surface area contributed by atoms with Gasteiger partial charge in [-0.1, -0.05) is 13.8 Å². The van der Waals surface area contributed by atoms with Crippen molar-refractivity contribution in [2.75, 3.05) is 44.6 Å². The van der Waals surface area contributed by atoms with E-state index in [4.69, 9.17) is 16.2 Å². The van der Waals surface area contributed by atoms with Crippen molar-refractivity contribution in [1.82, 2.24) is 9.80 Å². The Hall–Kier alpha value is -2.62. The molecule has 8 nitrogen and oxygen atoms in total. The van der Waals surface area contributed by atoms with Crippen LogP contribution in [0.4, 0.5) is 9.80 Å². The quantitative estimate of drug-likeness (QED) is 0.533. The van der Waals surface area contributed by atoms with Crippen molar-refractivity contribution in [3.8, 4) is 16.2 Å². The van der Waals surface area contributed by atoms with Crippen LogP contribution in [0.3, 0.4) is 0 Å². The maximum atomic E-state index is 13.1. The Morgan fingerprint density at radius 2 is 1.84 bits per heavy atom. The summed E-state index contributed by atoms with van der Waals surface area (Å²) in [4.78, 5) is 29.6. The first-order chi connectivity index (χ1) is 15.4. The number of nitrogens with two attached hydrogens (primary N) is 2. The lowest BCUT2D eigenvalue weighted by atomic mass is 10.1. The Balaban J connectivity index is 1.73. The zero-order valence-corrected chi connectivity index (χ0v) is 19.6. The molecular formula is C23H33N5O3S. The number of ether oxygens (including phenoxy) is 1. The number of nitrogens with zero attached hydrogens (tertiary/aromatic N) is 2. The van der Waals surface area contributed by atoms with E-state index in [1.807, 2.05) is 30.3 Å². The molecule has 0 atom stereocenters. The van der Waals surface area contributed by atoms with Gasteiger partial charge in [0, 0.05) is 30.6 Å². The van der Waals surface area contributed by atoms with E-state index in [0.29, 0.717) is 30.3 Å². The number of likely N-dealkylation sites (N-methyl/N-ethyl adjacent to an activating group) is 1. The van der Waals surface area contributed by atoms with Gasteiger partial charge >= 0.3 is 6.03 Å². The third kappa shape index (κ3) is 6.21. The van der Waals surface area contributed by atoms with Gasteiger partial charge in [0.1, 0.15) is 17.4 Å². The Labute approximate surface area is 193 Å². The molecule has 174 valence electrons. The van der Waals surface area contributed by atoms with Crippen LogP contribution in [0.5, 0.6) is 5.75 Å². The number of piperidine rings is 1. The van der Waals surface area contributed by atoms with Gasteiger partial charge in [0.2, 0.25) is 0 Å². The van der Waals surface area contributed by atoms with Crippen LogP contribution in [0.25, 0.3) is 10.4 Å². The van der Waals surface area contributed by atoms with Crippen LogP contribution in [-0.2, 0) is 0 Å². The highest BCUT2D eigenvalue weighted by Crippen LogP contribution is 2.37. The smallest absolute Gasteiger partial charge is 0.317 e. The second-order valence-corrected chi connectivity index (χ2v) is 8.92. The van der Waals surface area contributed by atoms with Crippen LogP contribution >= 0.6 is 11.3 Å². The molecule has 3 rings (SSSR count). The fraction of sp³-hybridized carbons (Fsp3) is 0.478. The van der Waals surface area contributed by atoms with Crippen molar-refractivity contribution in [2.45, 2.75) is 32.7 Å². The van der Waals surface area contributed by atoms with E-state index < -0.39 is 6.03 Å². The number of amides is 3. The number of thiophene rings is 1. The first-order valence-corrected chi connectivity index (χ1v) is 11.9. The van der Waals surface area contributed by atoms with Gasteiger partial charge in [-0.2, -0.15) is 0 Å². The predicted molar refractivity (Wildman–Crippen MR) is 129 cm³/mol. The molecule has 1 fully saturated rings. The molecule has 1 saturated heterocycles. The van der Waals surface area contributed by atoms with Crippen molar-refractivity contribution in [3.05, 3.63) is 35.9 Å². The summed E-state index contributed by atoms with van der Waals surface area (Å²) in [5.74, 6) is 0.688. The summed E-state index contributed by atoms with van der Waals surface area (Å²) in [6.45, 7) is 9.02. The lowest BCUT2D eigenvalue weighted by Crippen LogP contribution is -2.43. The van der Waals surface area contributed by atoms with Crippen LogP contribution < -0.4 is 21.5 Å². The van der Waals surface area contributed by atoms with Crippen LogP contribution in [-0.4, -0.2) is 67.1 Å². The lowest BCUT2D eigenvalue weighted by Gasteiger charge is -2.30. The Morgan fingerprint density at radius 1 is 1.19 bits per heavy atom. The summed E-state index contributed by atoms with van der Waals surface area (Å²) in [6.07, 6.45) is 1.55. The van der Waals surface area contributed by atoms with Gasteiger partial charge in [-0.15, -0.1) is 11.3 Å². The molecule has 9 heteroatoms. The van der Waals surface area contributed by atoms with E-state index in [0.717, 1.165) is 48.7 Å². The number of carbonyl (C=O) groups excluding carboxylic acids is 2. The molecule has 1 aliphatic rings. The first-order valence-electron chi connectivity index (χ1n) is 11.1. The minimum atomic E-state index is -0.690. The van der Waals surface area contributed by atoms with Crippen LogP contribution in [0.1, 0.15) is 37.0 Å². The molecule has 0 aliphatic carbocycles. The number of urea groups is 1. The van der Waals surface area contributed by atoms with Gasteiger partial charge in [0.25, 0.3) is 5.91 Å². The molecule has 0 bridgehead atoms. The van der Waals surface area contributed by atoms with Crippen molar-refractivity contribution in [2.24, 2.45) is 11.5 Å². The number of carbonyl (C=O) groups is 2. The maximum Gasteiger partial charge on any atom is 0.317 e. The largest absolute Gasteiger partial charge is 0.492 e. The van der Waals surface area contributed by atoms with E-state index in [2.05, 4.69) is 24.1 Å². The normalized spacial score (nSPS) is 14.6. The third-order valence-electron chi connectivity index (χ3n) is 5.74. The molecule has 0 radical (unpaired) electrons. The second kappa shape index (κ2) is 11.3. The summed E-state index contributed by atoms with van der Waals surface area (Å²) >= 11 is 1.34. The van der Waals surface area contributed by atoms with Gasteiger partial charge < -0.3 is 26.0 Å². The fourth-order valence-corrected chi connectivity index (χ4v) is 4.78. The van der Waals surface area contributed by atoms with Gasteiger partial charge in [0.15, 0.2) is 0 Å². The van der Waals surface area contributed by atoms with E-state index >= 15 is 0 Å². The summed E-state index contributed by atoms with van der Waals surface area (Å²) in [6, 6.07) is 9.03. The molecule has 0 unspecified atom stereocenters. The number of anilines is 1. The van der Waals surface area contributed by atoms with E-state index in [1.165, 1.54) is 11.3 Å². The van der Waals surface area contributed by atoms with E-state index in [1.54, 1.807) is 4.90 Å². The number of hydrogen-bond acceptors (Lipinski definition) is 6. The minimum Gasteiger partial charge on any atom is -0.492 e. The standard InChI is InChI=1S/C23H33N5O3S/c1-3-27(4-2)13-14-31-18-7-5-16(6-8-18)20-15-19(21(32-20)26-23(25)30)22(29)28-11-9-17(24)10-12-28/h5-8,15,17H,3-4,9-14,24H2,1-2H3,(H3,25,26,30). The number of nitrogens with one attached hydrogen (secondary N) is 1. The average Bonchev–Trinajstić information content (AvgIpc) is 3.20. The van der Waals surface area contributed by atoms with Crippen molar-refractivity contribution < 1.29 is 14.3 Å². The molecule has 5 N–H and O–H groups in total. The summed E-state index contributed by atoms with van der Waals surface area (Å²) in [5.41, 5.74) is 12.7. The molecule has 1 aromatic heterocycles. The summed E-state index contributed by atoms with van der Waals surface area (Å²) < 4.78 is 5.86. The highest BCUT2D eigenvalue weighted by Gasteiger charge is 2.26. The number of likely N-dealkylation sites (tertiary alicyclic amines) is 1. The van der Waals surface area contributed by atoms with Gasteiger partial charge in [-0.3, -0.25) is 10.1 Å². The maximum absolute atomic E-state index is 13.1. The molecule has 2 aromatic rings. The Morgan fingerprint density at radius 3 is 2.44 bits per heavy atom. The highest BCUT2D eigenvalue weighted by molar-refractivity contribution is 7.20. The van der Waals surface area contributed by atoms with Crippen molar-refractivity contribution in [1.29, 1.82) is 0 Å². The van der Waals surface area contributed by atoms with E-state index in [-0.39, 0.29) is 11.9 Å². The Kier molecular flexibility index (Phi) is 8.49. The Bertz CT molecular complexity index is 903. The van der Waals surface area contributed by atoms with Crippen molar-refractivity contribution >= 4 is 28.3 Å². The molecule has 3 amide bonds. The highest BCUT2D eigenvalue weighted by atomic mass is 32.1. The second-order valence-electron chi connectivity index (χ2n) is 7.87. The van der Waals surface area contributed by atoms with Gasteiger partial charge in [0.05, 0.1) is 5.56 Å². The number of primary amides is 1. The van der Waals surface area contributed by atoms with Gasteiger partial charge in [-0.25, -0.2) is 4.79 Å². The van der Waals surface area contributed by atoms with Crippen LogP contribution in [0.15, 0.2) is 30.3 Å². The molecule has 32 heavy (non-hydrogen) atoms. The lowest BCUT2D eigenvalue weighted by molar-refractivity contribution is 0.0716. The number of benzene rings is 1. The molecule has 1 aromatic carbocycles. The molecule has 2 heterocycles. The minimum absolute atomic E-state index is 0.112. The molecule has 1 aliphatic heterocycles. The monoisotopic (exact) mass is 459 g/mol. The van der Waals surface area contributed by atoms with Crippen LogP contribution in [0, 0.1) is 0 Å². The third-order valence-corrected chi connectivity index (χ3v) is 6.84. The predicted octanol–water partition coefficient (Wildman–Crippen LogP) is 3.19. The zero-order chi connectivity index (χ0) is 23.1. The first kappa shape index (κ1) is 24.0. The fourth-order valence-electron chi connectivity index (χ4n) is 3.72. The molecular weight excluding hydrogens is 426 g/mol.